The molecule has 0 aliphatic heterocycles. The van der Waals surface area contributed by atoms with E-state index in [1.54, 1.807) is 19.2 Å². The number of phenols is 1. The van der Waals surface area contributed by atoms with Crippen molar-refractivity contribution < 1.29 is 9.84 Å². The molecule has 0 aliphatic rings. The second kappa shape index (κ2) is 5.14. The molecule has 0 radical (unpaired) electrons. The van der Waals surface area contributed by atoms with Crippen molar-refractivity contribution in [3.8, 4) is 5.75 Å². The predicted octanol–water partition coefficient (Wildman–Crippen LogP) is 1.91. The molecule has 0 saturated carbocycles. The van der Waals surface area contributed by atoms with Crippen molar-refractivity contribution in [3.05, 3.63) is 29.8 Å². The van der Waals surface area contributed by atoms with Crippen LogP contribution in [0.15, 0.2) is 24.3 Å². The zero-order chi connectivity index (χ0) is 11.3. The van der Waals surface area contributed by atoms with E-state index in [9.17, 15) is 5.11 Å². The van der Waals surface area contributed by atoms with Crippen molar-refractivity contribution in [2.24, 2.45) is 0 Å². The van der Waals surface area contributed by atoms with Crippen LogP contribution in [0.2, 0.25) is 0 Å². The molecule has 15 heavy (non-hydrogen) atoms. The maximum atomic E-state index is 9.27. The summed E-state index contributed by atoms with van der Waals surface area (Å²) in [5, 5.41) is 12.5. The molecule has 3 heteroatoms. The molecule has 84 valence electrons. The van der Waals surface area contributed by atoms with Crippen LogP contribution in [0.1, 0.15) is 19.4 Å². The molecule has 0 aromatic heterocycles. The Kier molecular flexibility index (Phi) is 4.12. The van der Waals surface area contributed by atoms with Crippen molar-refractivity contribution in [1.82, 2.24) is 5.32 Å². The highest BCUT2D eigenvalue weighted by atomic mass is 16.5. The van der Waals surface area contributed by atoms with Crippen LogP contribution in [0.4, 0.5) is 0 Å². The number of nitrogens with one attached hydrogen (secondary N) is 1. The number of ether oxygens (including phenoxy) is 1. The second-order valence-electron chi connectivity index (χ2n) is 4.24. The first-order chi connectivity index (χ1) is 7.03. The zero-order valence-corrected chi connectivity index (χ0v) is 9.58. The average Bonchev–Trinajstić information content (AvgIpc) is 2.18. The van der Waals surface area contributed by atoms with E-state index in [1.807, 2.05) is 26.0 Å². The summed E-state index contributed by atoms with van der Waals surface area (Å²) in [4.78, 5) is 0. The predicted molar refractivity (Wildman–Crippen MR) is 60.9 cm³/mol. The quantitative estimate of drug-likeness (QED) is 0.778. The normalized spacial score (nSPS) is 11.7. The molecule has 1 aromatic rings. The Morgan fingerprint density at radius 3 is 2.73 bits per heavy atom. The van der Waals surface area contributed by atoms with Crippen LogP contribution in [-0.2, 0) is 11.3 Å². The minimum absolute atomic E-state index is 0.156. The monoisotopic (exact) mass is 209 g/mol. The Hall–Kier alpha value is -1.06. The highest BCUT2D eigenvalue weighted by Gasteiger charge is 2.14. The smallest absolute Gasteiger partial charge is 0.115 e. The van der Waals surface area contributed by atoms with E-state index in [4.69, 9.17) is 4.74 Å². The number of aromatic hydroxyl groups is 1. The number of methoxy groups -OCH3 is 1. The topological polar surface area (TPSA) is 41.5 Å². The fourth-order valence-electron chi connectivity index (χ4n) is 1.25. The van der Waals surface area contributed by atoms with Crippen LogP contribution in [0, 0.1) is 0 Å². The number of hydrogen-bond acceptors (Lipinski definition) is 3. The molecular formula is C12H19NO2. The summed E-state index contributed by atoms with van der Waals surface area (Å²) in [6, 6.07) is 7.25. The molecule has 0 saturated heterocycles. The molecule has 1 rings (SSSR count). The molecule has 0 unspecified atom stereocenters. The lowest BCUT2D eigenvalue weighted by Crippen LogP contribution is -2.36. The van der Waals surface area contributed by atoms with Gasteiger partial charge in [0, 0.05) is 20.2 Å². The number of phenolic OH excluding ortho intramolecular Hbond substituents is 1. The van der Waals surface area contributed by atoms with Gasteiger partial charge in [0.1, 0.15) is 5.75 Å². The van der Waals surface area contributed by atoms with Crippen LogP contribution in [-0.4, -0.2) is 24.4 Å². The molecule has 0 amide bonds. The van der Waals surface area contributed by atoms with Crippen LogP contribution < -0.4 is 5.32 Å². The lowest BCUT2D eigenvalue weighted by Gasteiger charge is -2.23. The van der Waals surface area contributed by atoms with Gasteiger partial charge in [-0.3, -0.25) is 0 Å². The summed E-state index contributed by atoms with van der Waals surface area (Å²) >= 11 is 0. The molecule has 1 aromatic carbocycles. The van der Waals surface area contributed by atoms with Gasteiger partial charge in [-0.15, -0.1) is 0 Å². The van der Waals surface area contributed by atoms with Gasteiger partial charge in [-0.25, -0.2) is 0 Å². The highest BCUT2D eigenvalue weighted by Crippen LogP contribution is 2.11. The number of rotatable bonds is 5. The second-order valence-corrected chi connectivity index (χ2v) is 4.24. The van der Waals surface area contributed by atoms with Crippen molar-refractivity contribution in [2.75, 3.05) is 13.7 Å². The Balaban J connectivity index is 2.38. The first kappa shape index (κ1) is 12.0. The van der Waals surface area contributed by atoms with Gasteiger partial charge in [0.15, 0.2) is 0 Å². The van der Waals surface area contributed by atoms with Crippen LogP contribution in [0.25, 0.3) is 0 Å². The standard InChI is InChI=1S/C12H19NO2/c1-12(2,15-3)9-13-8-10-5-4-6-11(14)7-10/h4-7,13-14H,8-9H2,1-3H3. The molecule has 0 heterocycles. The third kappa shape index (κ3) is 4.32. The summed E-state index contributed by atoms with van der Waals surface area (Å²) < 4.78 is 5.29. The summed E-state index contributed by atoms with van der Waals surface area (Å²) in [6.07, 6.45) is 0. The van der Waals surface area contributed by atoms with E-state index >= 15 is 0 Å². The molecule has 0 bridgehead atoms. The van der Waals surface area contributed by atoms with Gasteiger partial charge in [-0.1, -0.05) is 12.1 Å². The Morgan fingerprint density at radius 2 is 2.13 bits per heavy atom. The maximum Gasteiger partial charge on any atom is 0.115 e. The molecule has 0 aliphatic carbocycles. The van der Waals surface area contributed by atoms with E-state index in [2.05, 4.69) is 5.32 Å². The fraction of sp³-hybridized carbons (Fsp3) is 0.500. The van der Waals surface area contributed by atoms with Gasteiger partial charge >= 0.3 is 0 Å². The van der Waals surface area contributed by atoms with Crippen LogP contribution in [0.5, 0.6) is 5.75 Å². The Labute approximate surface area is 91.1 Å². The van der Waals surface area contributed by atoms with Gasteiger partial charge in [0.25, 0.3) is 0 Å². The molecule has 0 spiro atoms. The summed E-state index contributed by atoms with van der Waals surface area (Å²) in [7, 11) is 1.70. The highest BCUT2D eigenvalue weighted by molar-refractivity contribution is 5.26. The minimum atomic E-state index is -0.156. The first-order valence-electron chi connectivity index (χ1n) is 5.07. The van der Waals surface area contributed by atoms with Crippen LogP contribution in [0.3, 0.4) is 0 Å². The Bertz CT molecular complexity index is 310. The molecule has 3 nitrogen and oxygen atoms in total. The Morgan fingerprint density at radius 1 is 1.40 bits per heavy atom. The first-order valence-corrected chi connectivity index (χ1v) is 5.07. The molecule has 2 N–H and O–H groups in total. The van der Waals surface area contributed by atoms with E-state index < -0.39 is 0 Å². The average molecular weight is 209 g/mol. The van der Waals surface area contributed by atoms with Gasteiger partial charge in [0.2, 0.25) is 0 Å². The molecule has 0 fully saturated rings. The number of hydrogen-bond donors (Lipinski definition) is 2. The van der Waals surface area contributed by atoms with Crippen molar-refractivity contribution in [1.29, 1.82) is 0 Å². The minimum Gasteiger partial charge on any atom is -0.508 e. The SMILES string of the molecule is COC(C)(C)CNCc1cccc(O)c1. The van der Waals surface area contributed by atoms with E-state index in [-0.39, 0.29) is 5.60 Å². The van der Waals surface area contributed by atoms with Gasteiger partial charge in [0.05, 0.1) is 5.60 Å². The lowest BCUT2D eigenvalue weighted by atomic mass is 10.1. The van der Waals surface area contributed by atoms with E-state index in [0.29, 0.717) is 5.75 Å². The molecular weight excluding hydrogens is 190 g/mol. The van der Waals surface area contributed by atoms with E-state index in [1.165, 1.54) is 0 Å². The van der Waals surface area contributed by atoms with Gasteiger partial charge < -0.3 is 15.2 Å². The molecule has 0 atom stereocenters. The fourth-order valence-corrected chi connectivity index (χ4v) is 1.25. The maximum absolute atomic E-state index is 9.27. The summed E-state index contributed by atoms with van der Waals surface area (Å²) in [5.74, 6) is 0.306. The van der Waals surface area contributed by atoms with Crippen LogP contribution >= 0.6 is 0 Å². The summed E-state index contributed by atoms with van der Waals surface area (Å²) in [5.41, 5.74) is 0.915. The van der Waals surface area contributed by atoms with Gasteiger partial charge in [-0.2, -0.15) is 0 Å². The largest absolute Gasteiger partial charge is 0.508 e. The van der Waals surface area contributed by atoms with Crippen molar-refractivity contribution in [2.45, 2.75) is 26.0 Å². The van der Waals surface area contributed by atoms with Crippen molar-refractivity contribution >= 4 is 0 Å². The van der Waals surface area contributed by atoms with Crippen molar-refractivity contribution in [3.63, 3.8) is 0 Å². The summed E-state index contributed by atoms with van der Waals surface area (Å²) in [6.45, 7) is 5.57. The van der Waals surface area contributed by atoms with Gasteiger partial charge in [-0.05, 0) is 31.5 Å². The lowest BCUT2D eigenvalue weighted by molar-refractivity contribution is 0.0231. The zero-order valence-electron chi connectivity index (χ0n) is 9.58. The third-order valence-corrected chi connectivity index (χ3v) is 2.34. The third-order valence-electron chi connectivity index (χ3n) is 2.34. The number of benzene rings is 1. The van der Waals surface area contributed by atoms with E-state index in [0.717, 1.165) is 18.7 Å².